The third-order valence-corrected chi connectivity index (χ3v) is 2.79. The molecule has 0 saturated carbocycles. The molecule has 3 heteroatoms. The van der Waals surface area contributed by atoms with Crippen molar-refractivity contribution in [2.45, 2.75) is 26.7 Å². The molecule has 0 aliphatic rings. The fraction of sp³-hybridized carbons (Fsp3) is 0.286. The monoisotopic (exact) mass is 227 g/mol. The first-order valence-corrected chi connectivity index (χ1v) is 5.78. The first-order chi connectivity index (χ1) is 8.09. The predicted octanol–water partition coefficient (Wildman–Crippen LogP) is 3.16. The van der Waals surface area contributed by atoms with Crippen LogP contribution in [0.25, 0.3) is 11.1 Å². The average Bonchev–Trinajstić information content (AvgIpc) is 2.30. The molecular weight excluding hydrogens is 210 g/mol. The third kappa shape index (κ3) is 2.28. The fourth-order valence-electron chi connectivity index (χ4n) is 1.77. The van der Waals surface area contributed by atoms with E-state index in [4.69, 9.17) is 5.73 Å². The summed E-state index contributed by atoms with van der Waals surface area (Å²) in [5.41, 5.74) is 9.20. The maximum absolute atomic E-state index is 6.01. The molecule has 0 atom stereocenters. The number of aryl methyl sites for hydroxylation is 1. The number of anilines is 1. The molecule has 88 valence electrons. The number of nitrogen functional groups attached to an aromatic ring is 1. The van der Waals surface area contributed by atoms with E-state index in [1.807, 2.05) is 24.4 Å². The second-order valence-corrected chi connectivity index (χ2v) is 4.50. The molecule has 17 heavy (non-hydrogen) atoms. The lowest BCUT2D eigenvalue weighted by molar-refractivity contribution is 0.777. The zero-order valence-corrected chi connectivity index (χ0v) is 10.4. The quantitative estimate of drug-likeness (QED) is 0.857. The van der Waals surface area contributed by atoms with Gasteiger partial charge in [0.05, 0.1) is 0 Å². The Balaban J connectivity index is 2.51. The van der Waals surface area contributed by atoms with E-state index in [9.17, 15) is 0 Å². The van der Waals surface area contributed by atoms with E-state index in [-0.39, 0.29) is 0 Å². The standard InChI is InChI=1S/C14H17N3/c1-9(2)14-16-8-12(13(15)17-14)11-7-5-4-6-10(11)3/h4-9H,1-3H3,(H2,15,16,17). The molecular formula is C14H17N3. The van der Waals surface area contributed by atoms with Crippen molar-refractivity contribution in [2.75, 3.05) is 5.73 Å². The van der Waals surface area contributed by atoms with Crippen molar-refractivity contribution in [3.8, 4) is 11.1 Å². The van der Waals surface area contributed by atoms with Crippen LogP contribution in [0.3, 0.4) is 0 Å². The second-order valence-electron chi connectivity index (χ2n) is 4.50. The van der Waals surface area contributed by atoms with Gasteiger partial charge < -0.3 is 5.73 Å². The summed E-state index contributed by atoms with van der Waals surface area (Å²) in [4.78, 5) is 8.72. The number of rotatable bonds is 2. The Morgan fingerprint density at radius 1 is 1.12 bits per heavy atom. The van der Waals surface area contributed by atoms with Crippen LogP contribution in [0.5, 0.6) is 0 Å². The first kappa shape index (κ1) is 11.6. The summed E-state index contributed by atoms with van der Waals surface area (Å²) < 4.78 is 0. The van der Waals surface area contributed by atoms with E-state index >= 15 is 0 Å². The van der Waals surface area contributed by atoms with E-state index in [1.54, 1.807) is 0 Å². The number of hydrogen-bond donors (Lipinski definition) is 1. The minimum atomic E-state index is 0.295. The maximum atomic E-state index is 6.01. The van der Waals surface area contributed by atoms with Crippen molar-refractivity contribution in [1.29, 1.82) is 0 Å². The highest BCUT2D eigenvalue weighted by molar-refractivity contribution is 5.75. The molecule has 0 unspecified atom stereocenters. The van der Waals surface area contributed by atoms with Gasteiger partial charge in [0.15, 0.2) is 0 Å². The first-order valence-electron chi connectivity index (χ1n) is 5.78. The number of benzene rings is 1. The number of hydrogen-bond acceptors (Lipinski definition) is 3. The van der Waals surface area contributed by atoms with E-state index < -0.39 is 0 Å². The summed E-state index contributed by atoms with van der Waals surface area (Å²) in [7, 11) is 0. The summed E-state index contributed by atoms with van der Waals surface area (Å²) in [6, 6.07) is 8.11. The molecule has 1 aromatic heterocycles. The van der Waals surface area contributed by atoms with Crippen molar-refractivity contribution in [2.24, 2.45) is 0 Å². The van der Waals surface area contributed by atoms with Gasteiger partial charge in [-0.25, -0.2) is 9.97 Å². The molecule has 0 bridgehead atoms. The van der Waals surface area contributed by atoms with E-state index in [0.29, 0.717) is 11.7 Å². The van der Waals surface area contributed by atoms with Crippen LogP contribution >= 0.6 is 0 Å². The lowest BCUT2D eigenvalue weighted by Crippen LogP contribution is -2.03. The highest BCUT2D eigenvalue weighted by atomic mass is 14.9. The molecule has 0 amide bonds. The molecule has 3 nitrogen and oxygen atoms in total. The largest absolute Gasteiger partial charge is 0.383 e. The molecule has 0 aliphatic carbocycles. The van der Waals surface area contributed by atoms with E-state index in [2.05, 4.69) is 36.8 Å². The van der Waals surface area contributed by atoms with Gasteiger partial charge in [0.1, 0.15) is 11.6 Å². The summed E-state index contributed by atoms with van der Waals surface area (Å²) >= 11 is 0. The van der Waals surface area contributed by atoms with E-state index in [0.717, 1.165) is 17.0 Å². The summed E-state index contributed by atoms with van der Waals surface area (Å²) in [6.45, 7) is 6.18. The van der Waals surface area contributed by atoms with Crippen LogP contribution in [0.4, 0.5) is 5.82 Å². The molecule has 0 aliphatic heterocycles. The minimum absolute atomic E-state index is 0.295. The fourth-order valence-corrected chi connectivity index (χ4v) is 1.77. The molecule has 0 radical (unpaired) electrons. The van der Waals surface area contributed by atoms with E-state index in [1.165, 1.54) is 5.56 Å². The van der Waals surface area contributed by atoms with Crippen LogP contribution in [-0.4, -0.2) is 9.97 Å². The van der Waals surface area contributed by atoms with Crippen molar-refractivity contribution < 1.29 is 0 Å². The lowest BCUT2D eigenvalue weighted by Gasteiger charge is -2.10. The molecule has 0 fully saturated rings. The van der Waals surface area contributed by atoms with Gasteiger partial charge in [0.2, 0.25) is 0 Å². The average molecular weight is 227 g/mol. The second kappa shape index (κ2) is 4.53. The molecule has 1 heterocycles. The number of aromatic nitrogens is 2. The van der Waals surface area contributed by atoms with Crippen molar-refractivity contribution in [3.63, 3.8) is 0 Å². The van der Waals surface area contributed by atoms with Gasteiger partial charge in [-0.1, -0.05) is 38.1 Å². The van der Waals surface area contributed by atoms with Gasteiger partial charge >= 0.3 is 0 Å². The normalized spacial score (nSPS) is 10.8. The summed E-state index contributed by atoms with van der Waals surface area (Å²) in [5.74, 6) is 1.64. The van der Waals surface area contributed by atoms with Crippen LogP contribution in [0.2, 0.25) is 0 Å². The SMILES string of the molecule is Cc1ccccc1-c1cnc(C(C)C)nc1N. The molecule has 2 aromatic rings. The van der Waals surface area contributed by atoms with Gasteiger partial charge in [-0.3, -0.25) is 0 Å². The lowest BCUT2D eigenvalue weighted by atomic mass is 10.0. The number of nitrogens with two attached hydrogens (primary N) is 1. The predicted molar refractivity (Wildman–Crippen MR) is 70.7 cm³/mol. The van der Waals surface area contributed by atoms with Crippen LogP contribution in [0, 0.1) is 6.92 Å². The van der Waals surface area contributed by atoms with Crippen LogP contribution in [0.1, 0.15) is 31.2 Å². The molecule has 2 N–H and O–H groups in total. The van der Waals surface area contributed by atoms with Crippen molar-refractivity contribution in [1.82, 2.24) is 9.97 Å². The van der Waals surface area contributed by atoms with Crippen molar-refractivity contribution >= 4 is 5.82 Å². The Bertz CT molecular complexity index is 533. The molecule has 1 aromatic carbocycles. The van der Waals surface area contributed by atoms with Gasteiger partial charge in [-0.2, -0.15) is 0 Å². The highest BCUT2D eigenvalue weighted by Crippen LogP contribution is 2.27. The molecule has 0 saturated heterocycles. The Morgan fingerprint density at radius 3 is 2.41 bits per heavy atom. The van der Waals surface area contributed by atoms with Crippen LogP contribution < -0.4 is 5.73 Å². The Kier molecular flexibility index (Phi) is 3.09. The third-order valence-electron chi connectivity index (χ3n) is 2.79. The minimum Gasteiger partial charge on any atom is -0.383 e. The van der Waals surface area contributed by atoms with Gasteiger partial charge in [-0.05, 0) is 18.1 Å². The Morgan fingerprint density at radius 2 is 1.82 bits per heavy atom. The number of nitrogens with zero attached hydrogens (tertiary/aromatic N) is 2. The summed E-state index contributed by atoms with van der Waals surface area (Å²) in [6.07, 6.45) is 1.82. The summed E-state index contributed by atoms with van der Waals surface area (Å²) in [5, 5.41) is 0. The molecule has 0 spiro atoms. The van der Waals surface area contributed by atoms with Crippen LogP contribution in [0.15, 0.2) is 30.5 Å². The Hall–Kier alpha value is -1.90. The smallest absolute Gasteiger partial charge is 0.135 e. The zero-order valence-electron chi connectivity index (χ0n) is 10.4. The topological polar surface area (TPSA) is 51.8 Å². The van der Waals surface area contributed by atoms with Gasteiger partial charge in [0.25, 0.3) is 0 Å². The van der Waals surface area contributed by atoms with Gasteiger partial charge in [-0.15, -0.1) is 0 Å². The zero-order chi connectivity index (χ0) is 12.4. The van der Waals surface area contributed by atoms with Gasteiger partial charge in [0, 0.05) is 17.7 Å². The van der Waals surface area contributed by atoms with Crippen molar-refractivity contribution in [3.05, 3.63) is 41.9 Å². The Labute approximate surface area is 102 Å². The molecule has 2 rings (SSSR count). The van der Waals surface area contributed by atoms with Crippen LogP contribution in [-0.2, 0) is 0 Å². The highest BCUT2D eigenvalue weighted by Gasteiger charge is 2.10. The maximum Gasteiger partial charge on any atom is 0.135 e.